The molecular weight excluding hydrogens is 376 g/mol. The van der Waals surface area contributed by atoms with E-state index in [9.17, 15) is 0 Å². The molecule has 0 aromatic heterocycles. The molecule has 0 spiro atoms. The zero-order valence-corrected chi connectivity index (χ0v) is 19.5. The third-order valence-corrected chi connectivity index (χ3v) is 5.68. The molecule has 0 saturated heterocycles. The summed E-state index contributed by atoms with van der Waals surface area (Å²) >= 11 is 0. The molecule has 1 N–H and O–H groups in total. The third-order valence-electron chi connectivity index (χ3n) is 5.68. The minimum atomic E-state index is 0.0492. The molecule has 2 aromatic rings. The normalized spacial score (nSPS) is 16.3. The van der Waals surface area contributed by atoms with E-state index in [1.807, 2.05) is 14.1 Å². The van der Waals surface area contributed by atoms with Crippen LogP contribution in [0.25, 0.3) is 0 Å². The van der Waals surface area contributed by atoms with Crippen LogP contribution in [0.5, 0.6) is 17.2 Å². The van der Waals surface area contributed by atoms with Gasteiger partial charge >= 0.3 is 0 Å². The van der Waals surface area contributed by atoms with E-state index in [1.54, 1.807) is 14.2 Å². The van der Waals surface area contributed by atoms with Crippen molar-refractivity contribution in [3.8, 4) is 17.2 Å². The Kier molecular flexibility index (Phi) is 6.94. The van der Waals surface area contributed by atoms with Gasteiger partial charge in [0, 0.05) is 18.7 Å². The van der Waals surface area contributed by atoms with Crippen LogP contribution in [0.3, 0.4) is 0 Å². The molecule has 0 fully saturated rings. The quantitative estimate of drug-likeness (QED) is 0.739. The molecule has 0 radical (unpaired) electrons. The van der Waals surface area contributed by atoms with Crippen molar-refractivity contribution in [2.75, 3.05) is 48.0 Å². The Morgan fingerprint density at radius 1 is 0.967 bits per heavy atom. The van der Waals surface area contributed by atoms with Crippen molar-refractivity contribution in [2.24, 2.45) is 0 Å². The summed E-state index contributed by atoms with van der Waals surface area (Å²) in [6.07, 6.45) is 0.960. The molecule has 2 aromatic carbocycles. The van der Waals surface area contributed by atoms with Gasteiger partial charge in [-0.1, -0.05) is 26.8 Å². The SMILES string of the molecule is COc1cc2c(cc1OCCN(C)C)C(c1cc(C(C)(C)C)ccc1OC)NCC2. The molecule has 1 aliphatic heterocycles. The number of hydrogen-bond donors (Lipinski definition) is 1. The number of likely N-dealkylation sites (N-methyl/N-ethyl adjacent to an activating group) is 1. The Morgan fingerprint density at radius 3 is 2.33 bits per heavy atom. The molecule has 164 valence electrons. The zero-order valence-electron chi connectivity index (χ0n) is 19.5. The topological polar surface area (TPSA) is 43.0 Å². The Labute approximate surface area is 181 Å². The van der Waals surface area contributed by atoms with Crippen LogP contribution in [0, 0.1) is 0 Å². The van der Waals surface area contributed by atoms with E-state index in [4.69, 9.17) is 14.2 Å². The first-order valence-electron chi connectivity index (χ1n) is 10.6. The Bertz CT molecular complexity index is 871. The lowest BCUT2D eigenvalue weighted by Gasteiger charge is -2.31. The van der Waals surface area contributed by atoms with Gasteiger partial charge in [0.25, 0.3) is 0 Å². The van der Waals surface area contributed by atoms with Crippen molar-refractivity contribution in [1.29, 1.82) is 0 Å². The summed E-state index contributed by atoms with van der Waals surface area (Å²) in [5.41, 5.74) is 5.04. The van der Waals surface area contributed by atoms with E-state index in [0.717, 1.165) is 42.3 Å². The minimum Gasteiger partial charge on any atom is -0.496 e. The van der Waals surface area contributed by atoms with E-state index < -0.39 is 0 Å². The maximum absolute atomic E-state index is 6.10. The van der Waals surface area contributed by atoms with Crippen molar-refractivity contribution >= 4 is 0 Å². The highest BCUT2D eigenvalue weighted by molar-refractivity contribution is 5.54. The number of benzene rings is 2. The summed E-state index contributed by atoms with van der Waals surface area (Å²) in [5.74, 6) is 2.49. The third kappa shape index (κ3) is 4.90. The Balaban J connectivity index is 2.04. The minimum absolute atomic E-state index is 0.0492. The van der Waals surface area contributed by atoms with Crippen molar-refractivity contribution < 1.29 is 14.2 Å². The number of hydrogen-bond acceptors (Lipinski definition) is 5. The lowest BCUT2D eigenvalue weighted by molar-refractivity contribution is 0.250. The van der Waals surface area contributed by atoms with Crippen LogP contribution in [0.2, 0.25) is 0 Å². The Morgan fingerprint density at radius 2 is 1.70 bits per heavy atom. The molecule has 0 amide bonds. The number of methoxy groups -OCH3 is 2. The molecule has 5 nitrogen and oxygen atoms in total. The second-order valence-electron chi connectivity index (χ2n) is 9.20. The highest BCUT2D eigenvalue weighted by Gasteiger charge is 2.27. The summed E-state index contributed by atoms with van der Waals surface area (Å²) in [6.45, 7) is 9.09. The van der Waals surface area contributed by atoms with Crippen LogP contribution in [0.4, 0.5) is 0 Å². The molecule has 1 atom stereocenters. The first-order valence-corrected chi connectivity index (χ1v) is 10.6. The molecule has 3 rings (SSSR count). The summed E-state index contributed by atoms with van der Waals surface area (Å²) in [5, 5.41) is 3.70. The second-order valence-corrected chi connectivity index (χ2v) is 9.20. The summed E-state index contributed by atoms with van der Waals surface area (Å²) in [4.78, 5) is 2.11. The van der Waals surface area contributed by atoms with Crippen LogP contribution < -0.4 is 19.5 Å². The number of rotatable bonds is 7. The largest absolute Gasteiger partial charge is 0.496 e. The molecule has 1 heterocycles. The number of ether oxygens (including phenoxy) is 3. The first kappa shape index (κ1) is 22.4. The van der Waals surface area contributed by atoms with Crippen molar-refractivity contribution in [3.05, 3.63) is 52.6 Å². The fourth-order valence-electron chi connectivity index (χ4n) is 3.88. The average Bonchev–Trinajstić information content (AvgIpc) is 2.71. The maximum atomic E-state index is 6.10. The van der Waals surface area contributed by atoms with Crippen LogP contribution >= 0.6 is 0 Å². The van der Waals surface area contributed by atoms with E-state index in [1.165, 1.54) is 16.7 Å². The van der Waals surface area contributed by atoms with Gasteiger partial charge in [0.15, 0.2) is 11.5 Å². The molecule has 0 aliphatic carbocycles. The van der Waals surface area contributed by atoms with E-state index in [2.05, 4.69) is 61.3 Å². The standard InChI is InChI=1S/C25H36N2O3/c1-25(2,3)18-8-9-21(28-6)20(15-18)24-19-16-23(30-13-12-27(4)5)22(29-7)14-17(19)10-11-26-24/h8-9,14-16,24,26H,10-13H2,1-7H3. The molecule has 1 aliphatic rings. The van der Waals surface area contributed by atoms with Gasteiger partial charge in [-0.2, -0.15) is 0 Å². The van der Waals surface area contributed by atoms with Crippen LogP contribution in [0.15, 0.2) is 30.3 Å². The zero-order chi connectivity index (χ0) is 21.9. The summed E-state index contributed by atoms with van der Waals surface area (Å²) in [6, 6.07) is 10.9. The fraction of sp³-hybridized carbons (Fsp3) is 0.520. The maximum Gasteiger partial charge on any atom is 0.161 e. The lowest BCUT2D eigenvalue weighted by Crippen LogP contribution is -2.31. The van der Waals surface area contributed by atoms with Crippen LogP contribution in [0.1, 0.15) is 49.1 Å². The van der Waals surface area contributed by atoms with Gasteiger partial charge in [0.2, 0.25) is 0 Å². The fourth-order valence-corrected chi connectivity index (χ4v) is 3.88. The summed E-state index contributed by atoms with van der Waals surface area (Å²) < 4.78 is 17.5. The molecule has 0 saturated carbocycles. The van der Waals surface area contributed by atoms with Crippen LogP contribution in [-0.4, -0.2) is 52.9 Å². The predicted octanol–water partition coefficient (Wildman–Crippen LogP) is 4.18. The number of fused-ring (bicyclic) bond motifs is 1. The highest BCUT2D eigenvalue weighted by Crippen LogP contribution is 2.41. The molecule has 1 unspecified atom stereocenters. The van der Waals surface area contributed by atoms with Gasteiger partial charge in [0.1, 0.15) is 12.4 Å². The molecule has 30 heavy (non-hydrogen) atoms. The first-order chi connectivity index (χ1) is 14.2. The second kappa shape index (κ2) is 9.27. The van der Waals surface area contributed by atoms with Gasteiger partial charge in [0.05, 0.1) is 20.3 Å². The number of nitrogens with one attached hydrogen (secondary N) is 1. The lowest BCUT2D eigenvalue weighted by atomic mass is 9.83. The molecule has 0 bridgehead atoms. The van der Waals surface area contributed by atoms with Crippen molar-refractivity contribution in [2.45, 2.75) is 38.6 Å². The monoisotopic (exact) mass is 412 g/mol. The highest BCUT2D eigenvalue weighted by atomic mass is 16.5. The van der Waals surface area contributed by atoms with Crippen molar-refractivity contribution in [3.63, 3.8) is 0 Å². The number of nitrogens with zero attached hydrogens (tertiary/aromatic N) is 1. The molecular formula is C25H36N2O3. The van der Waals surface area contributed by atoms with Gasteiger partial charge in [-0.25, -0.2) is 0 Å². The van der Waals surface area contributed by atoms with Crippen molar-refractivity contribution in [1.82, 2.24) is 10.2 Å². The smallest absolute Gasteiger partial charge is 0.161 e. The van der Waals surface area contributed by atoms with Gasteiger partial charge in [-0.3, -0.25) is 0 Å². The van der Waals surface area contributed by atoms with E-state index >= 15 is 0 Å². The Hall–Kier alpha value is -2.24. The summed E-state index contributed by atoms with van der Waals surface area (Å²) in [7, 11) is 7.53. The van der Waals surface area contributed by atoms with Gasteiger partial charge < -0.3 is 24.4 Å². The van der Waals surface area contributed by atoms with Crippen LogP contribution in [-0.2, 0) is 11.8 Å². The molecule has 5 heteroatoms. The average molecular weight is 413 g/mol. The van der Waals surface area contributed by atoms with E-state index in [-0.39, 0.29) is 11.5 Å². The predicted molar refractivity (Wildman–Crippen MR) is 122 cm³/mol. The van der Waals surface area contributed by atoms with Gasteiger partial charge in [-0.15, -0.1) is 0 Å². The van der Waals surface area contributed by atoms with Gasteiger partial charge in [-0.05, 0) is 66.9 Å². The van der Waals surface area contributed by atoms with E-state index in [0.29, 0.717) is 6.61 Å².